The fourth-order valence-corrected chi connectivity index (χ4v) is 4.64. The summed E-state index contributed by atoms with van der Waals surface area (Å²) in [4.78, 5) is 19.4. The molecular weight excluding hydrogens is 392 g/mol. The molecule has 0 unspecified atom stereocenters. The molecule has 1 aromatic carbocycles. The van der Waals surface area contributed by atoms with E-state index in [-0.39, 0.29) is 12.1 Å². The second kappa shape index (κ2) is 7.76. The standard InChI is InChI=1S/C20H23BrN4O/c21-16-5-1-2-6-17(16)23-20(26)24-19-15-7-10-25(11-8-15)18(19)12-14-4-3-9-22-13-14/h1-6,9,13,15,18-19H,7-8,10-12H2,(H2,23,24,26)/t18-,19-/m1/s1. The molecule has 0 radical (unpaired) electrons. The van der Waals surface area contributed by atoms with Crippen LogP contribution in [-0.4, -0.2) is 41.1 Å². The maximum atomic E-state index is 12.6. The molecule has 3 aliphatic rings. The number of urea groups is 1. The van der Waals surface area contributed by atoms with Gasteiger partial charge in [0, 0.05) is 29.0 Å². The summed E-state index contributed by atoms with van der Waals surface area (Å²) in [6.45, 7) is 2.25. The third-order valence-electron chi connectivity index (χ3n) is 5.55. The van der Waals surface area contributed by atoms with E-state index in [1.807, 2.05) is 36.5 Å². The number of anilines is 1. The van der Waals surface area contributed by atoms with Crippen molar-refractivity contribution in [2.45, 2.75) is 31.3 Å². The highest BCUT2D eigenvalue weighted by Gasteiger charge is 2.42. The molecule has 2 atom stereocenters. The van der Waals surface area contributed by atoms with Gasteiger partial charge < -0.3 is 10.6 Å². The van der Waals surface area contributed by atoms with Gasteiger partial charge in [0.15, 0.2) is 0 Å². The Morgan fingerprint density at radius 2 is 2.00 bits per heavy atom. The van der Waals surface area contributed by atoms with E-state index in [1.54, 1.807) is 6.20 Å². The largest absolute Gasteiger partial charge is 0.333 e. The number of pyridine rings is 1. The zero-order valence-electron chi connectivity index (χ0n) is 14.6. The summed E-state index contributed by atoms with van der Waals surface area (Å²) < 4.78 is 0.885. The predicted octanol–water partition coefficient (Wildman–Crippen LogP) is 3.67. The molecular formula is C20H23BrN4O. The molecule has 2 aromatic rings. The zero-order valence-corrected chi connectivity index (χ0v) is 16.2. The minimum absolute atomic E-state index is 0.133. The molecule has 5 nitrogen and oxygen atoms in total. The van der Waals surface area contributed by atoms with Gasteiger partial charge in [-0.05, 0) is 78.0 Å². The summed E-state index contributed by atoms with van der Waals surface area (Å²) in [5, 5.41) is 6.24. The van der Waals surface area contributed by atoms with E-state index < -0.39 is 0 Å². The molecule has 4 heterocycles. The van der Waals surface area contributed by atoms with Crippen LogP contribution in [0.3, 0.4) is 0 Å². The Labute approximate surface area is 162 Å². The number of hydrogen-bond donors (Lipinski definition) is 2. The summed E-state index contributed by atoms with van der Waals surface area (Å²) in [6, 6.07) is 12.1. The lowest BCUT2D eigenvalue weighted by atomic mass is 9.77. The summed E-state index contributed by atoms with van der Waals surface area (Å²) >= 11 is 3.48. The molecule has 2 bridgehead atoms. The number of benzene rings is 1. The van der Waals surface area contributed by atoms with Crippen molar-refractivity contribution >= 4 is 27.6 Å². The number of fused-ring (bicyclic) bond motifs is 3. The highest BCUT2D eigenvalue weighted by atomic mass is 79.9. The Morgan fingerprint density at radius 1 is 1.19 bits per heavy atom. The second-order valence-electron chi connectivity index (χ2n) is 7.11. The summed E-state index contributed by atoms with van der Waals surface area (Å²) in [6.07, 6.45) is 6.97. The summed E-state index contributed by atoms with van der Waals surface area (Å²) in [5.41, 5.74) is 2.01. The van der Waals surface area contributed by atoms with Crippen LogP contribution in [0.25, 0.3) is 0 Å². The van der Waals surface area contributed by atoms with E-state index in [0.29, 0.717) is 12.0 Å². The van der Waals surface area contributed by atoms with Crippen molar-refractivity contribution in [3.8, 4) is 0 Å². The van der Waals surface area contributed by atoms with E-state index in [2.05, 4.69) is 42.5 Å². The van der Waals surface area contributed by atoms with Crippen LogP contribution in [0.4, 0.5) is 10.5 Å². The number of para-hydroxylation sites is 1. The topological polar surface area (TPSA) is 57.3 Å². The molecule has 3 fully saturated rings. The van der Waals surface area contributed by atoms with Crippen LogP contribution < -0.4 is 10.6 Å². The van der Waals surface area contributed by atoms with Gasteiger partial charge in [0.1, 0.15) is 0 Å². The number of carbonyl (C=O) groups is 1. The van der Waals surface area contributed by atoms with Crippen molar-refractivity contribution in [3.05, 3.63) is 58.8 Å². The maximum absolute atomic E-state index is 12.6. The third kappa shape index (κ3) is 3.76. The van der Waals surface area contributed by atoms with Gasteiger partial charge in [-0.1, -0.05) is 18.2 Å². The predicted molar refractivity (Wildman–Crippen MR) is 106 cm³/mol. The van der Waals surface area contributed by atoms with E-state index >= 15 is 0 Å². The number of halogens is 1. The molecule has 136 valence electrons. The average molecular weight is 415 g/mol. The normalized spacial score (nSPS) is 27.1. The first-order valence-electron chi connectivity index (χ1n) is 9.16. The van der Waals surface area contributed by atoms with E-state index in [1.165, 1.54) is 5.56 Å². The van der Waals surface area contributed by atoms with Gasteiger partial charge >= 0.3 is 6.03 Å². The fourth-order valence-electron chi connectivity index (χ4n) is 4.25. The number of nitrogens with zero attached hydrogens (tertiary/aromatic N) is 2. The fraction of sp³-hybridized carbons (Fsp3) is 0.400. The molecule has 6 heteroatoms. The Hall–Kier alpha value is -1.92. The Kier molecular flexibility index (Phi) is 5.22. The average Bonchev–Trinajstić information content (AvgIpc) is 2.67. The molecule has 3 aliphatic heterocycles. The Balaban J connectivity index is 1.47. The van der Waals surface area contributed by atoms with Crippen LogP contribution in [0.15, 0.2) is 53.3 Å². The minimum atomic E-state index is -0.133. The molecule has 2 N–H and O–H groups in total. The molecule has 5 rings (SSSR count). The van der Waals surface area contributed by atoms with E-state index in [9.17, 15) is 4.79 Å². The van der Waals surface area contributed by atoms with Crippen molar-refractivity contribution in [3.63, 3.8) is 0 Å². The molecule has 3 saturated heterocycles. The van der Waals surface area contributed by atoms with Crippen molar-refractivity contribution in [2.24, 2.45) is 5.92 Å². The number of piperidine rings is 3. The van der Waals surface area contributed by atoms with Gasteiger partial charge in [0.25, 0.3) is 0 Å². The molecule has 2 amide bonds. The maximum Gasteiger partial charge on any atom is 0.319 e. The number of aromatic nitrogens is 1. The van der Waals surface area contributed by atoms with Gasteiger partial charge in [0.05, 0.1) is 5.69 Å². The van der Waals surface area contributed by atoms with Crippen molar-refractivity contribution in [1.29, 1.82) is 0 Å². The lowest BCUT2D eigenvalue weighted by Crippen LogP contribution is -2.64. The molecule has 0 aliphatic carbocycles. The summed E-state index contributed by atoms with van der Waals surface area (Å²) in [7, 11) is 0. The lowest BCUT2D eigenvalue weighted by Gasteiger charge is -2.51. The molecule has 1 aromatic heterocycles. The Bertz CT molecular complexity index is 761. The van der Waals surface area contributed by atoms with Crippen molar-refractivity contribution < 1.29 is 4.79 Å². The number of hydrogen-bond acceptors (Lipinski definition) is 3. The van der Waals surface area contributed by atoms with Gasteiger partial charge in [-0.15, -0.1) is 0 Å². The minimum Gasteiger partial charge on any atom is -0.333 e. The van der Waals surface area contributed by atoms with Gasteiger partial charge in [-0.3, -0.25) is 9.88 Å². The highest BCUT2D eigenvalue weighted by Crippen LogP contribution is 2.34. The highest BCUT2D eigenvalue weighted by molar-refractivity contribution is 9.10. The molecule has 0 spiro atoms. The number of amides is 2. The smallest absolute Gasteiger partial charge is 0.319 e. The van der Waals surface area contributed by atoms with Gasteiger partial charge in [-0.25, -0.2) is 4.79 Å². The van der Waals surface area contributed by atoms with Crippen LogP contribution in [-0.2, 0) is 6.42 Å². The molecule has 0 saturated carbocycles. The monoisotopic (exact) mass is 414 g/mol. The zero-order chi connectivity index (χ0) is 17.9. The summed E-state index contributed by atoms with van der Waals surface area (Å²) in [5.74, 6) is 0.548. The van der Waals surface area contributed by atoms with Crippen LogP contribution in [0.5, 0.6) is 0 Å². The quantitative estimate of drug-likeness (QED) is 0.801. The van der Waals surface area contributed by atoms with Gasteiger partial charge in [0.2, 0.25) is 0 Å². The van der Waals surface area contributed by atoms with E-state index in [0.717, 1.165) is 42.5 Å². The van der Waals surface area contributed by atoms with E-state index in [4.69, 9.17) is 0 Å². The van der Waals surface area contributed by atoms with Crippen LogP contribution in [0.2, 0.25) is 0 Å². The number of nitrogens with one attached hydrogen (secondary N) is 2. The van der Waals surface area contributed by atoms with Crippen LogP contribution in [0.1, 0.15) is 18.4 Å². The van der Waals surface area contributed by atoms with Crippen molar-refractivity contribution in [2.75, 3.05) is 18.4 Å². The first-order valence-corrected chi connectivity index (χ1v) is 9.95. The number of carbonyl (C=O) groups excluding carboxylic acids is 1. The Morgan fingerprint density at radius 3 is 2.73 bits per heavy atom. The third-order valence-corrected chi connectivity index (χ3v) is 6.24. The lowest BCUT2D eigenvalue weighted by molar-refractivity contribution is 0.0184. The first-order chi connectivity index (χ1) is 12.7. The molecule has 26 heavy (non-hydrogen) atoms. The first kappa shape index (κ1) is 17.5. The van der Waals surface area contributed by atoms with Crippen molar-refractivity contribution in [1.82, 2.24) is 15.2 Å². The second-order valence-corrected chi connectivity index (χ2v) is 7.96. The SMILES string of the molecule is O=C(Nc1ccccc1Br)N[C@@H]1C2CCN(CC2)[C@@H]1Cc1cccnc1. The number of rotatable bonds is 4. The van der Waals surface area contributed by atoms with Gasteiger partial charge in [-0.2, -0.15) is 0 Å². The van der Waals surface area contributed by atoms with Crippen LogP contribution >= 0.6 is 15.9 Å². The van der Waals surface area contributed by atoms with Crippen LogP contribution in [0, 0.1) is 5.92 Å².